The van der Waals surface area contributed by atoms with Crippen LogP contribution in [-0.4, -0.2) is 131 Å². The van der Waals surface area contributed by atoms with E-state index in [1.165, 1.54) is 28.4 Å². The van der Waals surface area contributed by atoms with Crippen LogP contribution in [0.25, 0.3) is 0 Å². The van der Waals surface area contributed by atoms with Gasteiger partial charge in [-0.25, -0.2) is 4.98 Å². The highest BCUT2D eigenvalue weighted by molar-refractivity contribution is 7.09. The monoisotopic (exact) mass is 934 g/mol. The summed E-state index contributed by atoms with van der Waals surface area (Å²) in [6.07, 6.45) is 8.40. The van der Waals surface area contributed by atoms with Gasteiger partial charge < -0.3 is 35.2 Å². The van der Waals surface area contributed by atoms with Gasteiger partial charge in [0, 0.05) is 64.5 Å². The zero-order chi connectivity index (χ0) is 48.1. The molecule has 16 nitrogen and oxygen atoms in total. The summed E-state index contributed by atoms with van der Waals surface area (Å²) < 4.78 is 12.1. The van der Waals surface area contributed by atoms with Crippen LogP contribution in [0.4, 0.5) is 0 Å². The third kappa shape index (κ3) is 13.1. The van der Waals surface area contributed by atoms with Crippen molar-refractivity contribution in [3.8, 4) is 0 Å². The lowest BCUT2D eigenvalue weighted by atomic mass is 9.89. The Bertz CT molecular complexity index is 1990. The van der Waals surface area contributed by atoms with Crippen molar-refractivity contribution in [3.05, 3.63) is 64.6 Å². The third-order valence-corrected chi connectivity index (χ3v) is 14.5. The van der Waals surface area contributed by atoms with Gasteiger partial charge in [-0.2, -0.15) is 0 Å². The summed E-state index contributed by atoms with van der Waals surface area (Å²) in [7, 11) is 4.81. The van der Waals surface area contributed by atoms with Crippen molar-refractivity contribution < 1.29 is 43.0 Å². The molecule has 0 radical (unpaired) electrons. The van der Waals surface area contributed by atoms with Crippen LogP contribution in [-0.2, 0) is 49.5 Å². The molecule has 1 aliphatic carbocycles. The zero-order valence-electron chi connectivity index (χ0n) is 40.0. The van der Waals surface area contributed by atoms with Crippen LogP contribution >= 0.6 is 11.3 Å². The number of carbonyl (C=O) groups is 7. The molecule has 2 aromatic rings. The van der Waals surface area contributed by atoms with E-state index < -0.39 is 41.7 Å². The van der Waals surface area contributed by atoms with Gasteiger partial charge in [0.25, 0.3) is 11.8 Å². The number of amides is 7. The topological polar surface area (TPSA) is 197 Å². The number of nitrogens with one attached hydrogen (secondary N) is 3. The van der Waals surface area contributed by atoms with Crippen LogP contribution in [0.15, 0.2) is 54.1 Å². The minimum absolute atomic E-state index is 0.0145. The van der Waals surface area contributed by atoms with Gasteiger partial charge in [0.05, 0.1) is 42.7 Å². The molecule has 1 saturated heterocycles. The minimum atomic E-state index is -1.10. The second kappa shape index (κ2) is 24.1. The standard InChI is InChI=1S/C49H71N7O9S/c1-9-32(4)43(54(6)47(62)42(31(2)3)52-48(63)49(23-24-49)53-38(57)20-14-11-15-26-56-39(58)21-22-40(56)59)37(64-7)30-41(60)55-27-16-19-36(55)44(65-8)33(5)45(61)51-35(46-50-25-28-66-46)29-34-17-12-10-13-18-34/h10,12-13,17-18,21-22,25,28,31-33,35-37,42-44H,9,11,14-16,19-20,23-24,26-27,29-30H2,1-8H3,(H,51,61)(H,52,63)(H,53,57)/t32-,33+,35-,36-,37+,42-,43-,44+/m0/s1. The van der Waals surface area contributed by atoms with E-state index in [4.69, 9.17) is 9.47 Å². The van der Waals surface area contributed by atoms with Gasteiger partial charge in [0.2, 0.25) is 29.5 Å². The van der Waals surface area contributed by atoms with Crippen molar-refractivity contribution in [2.75, 3.05) is 34.4 Å². The number of hydrogen-bond acceptors (Lipinski definition) is 11. The Kier molecular flexibility index (Phi) is 19.0. The molecule has 66 heavy (non-hydrogen) atoms. The number of methoxy groups -OCH3 is 2. The highest BCUT2D eigenvalue weighted by Gasteiger charge is 2.52. The Morgan fingerprint density at radius 3 is 2.24 bits per heavy atom. The van der Waals surface area contributed by atoms with Crippen LogP contribution in [0, 0.1) is 17.8 Å². The molecule has 3 N–H and O–H groups in total. The van der Waals surface area contributed by atoms with Gasteiger partial charge >= 0.3 is 0 Å². The van der Waals surface area contributed by atoms with E-state index in [0.29, 0.717) is 57.9 Å². The second-order valence-corrected chi connectivity index (χ2v) is 19.4. The first-order valence-corrected chi connectivity index (χ1v) is 24.4. The number of likely N-dealkylation sites (tertiary alicyclic amines) is 1. The first-order valence-electron chi connectivity index (χ1n) is 23.6. The van der Waals surface area contributed by atoms with E-state index in [9.17, 15) is 33.6 Å². The maximum absolute atomic E-state index is 14.5. The number of ether oxygens (including phenoxy) is 2. The molecule has 1 saturated carbocycles. The molecule has 1 aromatic heterocycles. The van der Waals surface area contributed by atoms with Crippen molar-refractivity contribution in [1.29, 1.82) is 0 Å². The summed E-state index contributed by atoms with van der Waals surface area (Å²) in [4.78, 5) is 102. The lowest BCUT2D eigenvalue weighted by Crippen LogP contribution is -2.60. The molecule has 0 unspecified atom stereocenters. The number of thiazole rings is 1. The number of carbonyl (C=O) groups excluding carboxylic acids is 7. The highest BCUT2D eigenvalue weighted by Crippen LogP contribution is 2.36. The van der Waals surface area contributed by atoms with E-state index in [1.807, 2.05) is 70.3 Å². The summed E-state index contributed by atoms with van der Waals surface area (Å²) >= 11 is 1.49. The largest absolute Gasteiger partial charge is 0.379 e. The Morgan fingerprint density at radius 1 is 0.955 bits per heavy atom. The lowest BCUT2D eigenvalue weighted by molar-refractivity contribution is -0.148. The van der Waals surface area contributed by atoms with Crippen molar-refractivity contribution in [2.24, 2.45) is 17.8 Å². The maximum atomic E-state index is 14.5. The van der Waals surface area contributed by atoms with E-state index >= 15 is 0 Å². The number of likely N-dealkylation sites (N-methyl/N-ethyl adjacent to an activating group) is 1. The fourth-order valence-electron chi connectivity index (χ4n) is 9.33. The highest BCUT2D eigenvalue weighted by atomic mass is 32.1. The summed E-state index contributed by atoms with van der Waals surface area (Å²) in [6.45, 7) is 10.4. The maximum Gasteiger partial charge on any atom is 0.253 e. The number of nitrogens with zero attached hydrogens (tertiary/aromatic N) is 4. The van der Waals surface area contributed by atoms with Gasteiger partial charge in [-0.05, 0) is 62.3 Å². The SMILES string of the molecule is CC[C@H](C)[C@@H]([C@@H](CC(=O)N1CCC[C@H]1[C@H](OC)[C@@H](C)C(=O)N[C@@H](Cc1ccccc1)c1nccs1)OC)N(C)C(=O)[C@@H](NC(=O)C1(NC(=O)CCCCCN2C(=O)C=CC2=O)CC1)C(C)C. The Labute approximate surface area is 394 Å². The number of unbranched alkanes of at least 4 members (excludes halogenated alkanes) is 2. The van der Waals surface area contributed by atoms with Crippen LogP contribution in [0.1, 0.15) is 115 Å². The van der Waals surface area contributed by atoms with Gasteiger partial charge in [0.15, 0.2) is 0 Å². The van der Waals surface area contributed by atoms with Crippen molar-refractivity contribution in [1.82, 2.24) is 35.6 Å². The van der Waals surface area contributed by atoms with E-state index in [1.54, 1.807) is 37.3 Å². The van der Waals surface area contributed by atoms with Gasteiger partial charge in [-0.15, -0.1) is 11.3 Å². The zero-order valence-corrected chi connectivity index (χ0v) is 40.8. The van der Waals surface area contributed by atoms with Crippen LogP contribution < -0.4 is 16.0 Å². The Hall–Kier alpha value is -5.00. The van der Waals surface area contributed by atoms with Crippen molar-refractivity contribution in [3.63, 3.8) is 0 Å². The number of rotatable bonds is 26. The molecule has 7 amide bonds. The molecule has 5 rings (SSSR count). The van der Waals surface area contributed by atoms with Crippen molar-refractivity contribution in [2.45, 2.75) is 147 Å². The molecule has 2 aliphatic heterocycles. The molecule has 17 heteroatoms. The van der Waals surface area contributed by atoms with E-state index in [0.717, 1.165) is 17.0 Å². The molecular weight excluding hydrogens is 863 g/mol. The predicted molar refractivity (Wildman–Crippen MR) is 250 cm³/mol. The first kappa shape index (κ1) is 52.0. The number of hydrogen-bond donors (Lipinski definition) is 3. The van der Waals surface area contributed by atoms with E-state index in [2.05, 4.69) is 20.9 Å². The molecule has 362 valence electrons. The Morgan fingerprint density at radius 2 is 1.65 bits per heavy atom. The molecule has 3 heterocycles. The molecule has 1 aromatic carbocycles. The normalized spacial score (nSPS) is 19.7. The third-order valence-electron chi connectivity index (χ3n) is 13.6. The van der Waals surface area contributed by atoms with Gasteiger partial charge in [-0.3, -0.25) is 38.5 Å². The van der Waals surface area contributed by atoms with Crippen LogP contribution in [0.5, 0.6) is 0 Å². The lowest BCUT2D eigenvalue weighted by Gasteiger charge is -2.41. The summed E-state index contributed by atoms with van der Waals surface area (Å²) in [6, 6.07) is 7.81. The number of imide groups is 1. The Balaban J connectivity index is 1.19. The summed E-state index contributed by atoms with van der Waals surface area (Å²) in [5, 5.41) is 11.8. The average Bonchev–Trinajstić information content (AvgIpc) is 3.60. The summed E-state index contributed by atoms with van der Waals surface area (Å²) in [5.74, 6) is -3.02. The molecule has 0 bridgehead atoms. The molecule has 0 spiro atoms. The summed E-state index contributed by atoms with van der Waals surface area (Å²) in [5.41, 5.74) is -0.0289. The van der Waals surface area contributed by atoms with Gasteiger partial charge in [-0.1, -0.05) is 77.8 Å². The number of benzene rings is 1. The van der Waals surface area contributed by atoms with Crippen molar-refractivity contribution >= 4 is 52.7 Å². The molecular formula is C49H71N7O9S. The average molecular weight is 934 g/mol. The fraction of sp³-hybridized carbons (Fsp3) is 0.633. The smallest absolute Gasteiger partial charge is 0.253 e. The fourth-order valence-corrected chi connectivity index (χ4v) is 10.0. The van der Waals surface area contributed by atoms with E-state index in [-0.39, 0.29) is 78.7 Å². The second-order valence-electron chi connectivity index (χ2n) is 18.5. The van der Waals surface area contributed by atoms with Crippen LogP contribution in [0.2, 0.25) is 0 Å². The quantitative estimate of drug-likeness (QED) is 0.0876. The minimum Gasteiger partial charge on any atom is -0.379 e. The molecule has 8 atom stereocenters. The van der Waals surface area contributed by atoms with Gasteiger partial charge in [0.1, 0.15) is 16.6 Å². The number of aromatic nitrogens is 1. The molecule has 2 fully saturated rings. The molecule has 3 aliphatic rings. The first-order chi connectivity index (χ1) is 31.5. The van der Waals surface area contributed by atoms with Crippen LogP contribution in [0.3, 0.4) is 0 Å². The predicted octanol–water partition coefficient (Wildman–Crippen LogP) is 4.74.